The fourth-order valence-electron chi connectivity index (χ4n) is 11.3. The largest absolute Gasteiger partial charge is 0.508 e. The highest BCUT2D eigenvalue weighted by molar-refractivity contribution is 6.00. The van der Waals surface area contributed by atoms with E-state index in [1.807, 2.05) is 13.8 Å². The molecule has 12 amide bonds. The van der Waals surface area contributed by atoms with Crippen LogP contribution in [-0.2, 0) is 88.0 Å². The maximum atomic E-state index is 14.9. The summed E-state index contributed by atoms with van der Waals surface area (Å²) in [5.74, 6) is -12.9. The number of unbranched alkanes of at least 4 members (excludes halogenated alkanes) is 1. The Morgan fingerprint density at radius 1 is 0.453 bits per heavy atom. The summed E-state index contributed by atoms with van der Waals surface area (Å²) in [4.78, 5) is 190. The molecule has 14 atom stereocenters. The molecule has 3 aromatic carbocycles. The monoisotopic (exact) mass is 1480 g/mol. The number of aromatic amines is 2. The molecule has 578 valence electrons. The number of nitrogens with zero attached hydrogens (tertiary/aromatic N) is 1. The fraction of sp³-hybridized carbons (Fsp3) is 0.500. The van der Waals surface area contributed by atoms with Crippen molar-refractivity contribution < 1.29 is 87.9 Å². The van der Waals surface area contributed by atoms with Crippen molar-refractivity contribution in [1.82, 2.24) is 78.8 Å². The Morgan fingerprint density at radius 2 is 0.887 bits per heavy atom. The maximum absolute atomic E-state index is 14.9. The molecule has 2 aromatic heterocycles. The van der Waals surface area contributed by atoms with E-state index in [9.17, 15) is 87.9 Å². The summed E-state index contributed by atoms with van der Waals surface area (Å²) in [6, 6.07) is 2.65. The van der Waals surface area contributed by atoms with E-state index in [-0.39, 0.29) is 74.8 Å². The van der Waals surface area contributed by atoms with Gasteiger partial charge in [0.15, 0.2) is 0 Å². The molecule has 0 saturated carbocycles. The first kappa shape index (κ1) is 85.8. The number of amides is 12. The molecule has 0 saturated heterocycles. The molecule has 0 radical (unpaired) electrons. The molecule has 5 aromatic rings. The highest BCUT2D eigenvalue weighted by atomic mass is 16.4. The van der Waals surface area contributed by atoms with Crippen molar-refractivity contribution in [2.45, 2.75) is 205 Å². The molecular weight excluding hydrogens is 1380 g/mol. The lowest BCUT2D eigenvalue weighted by molar-refractivity contribution is -0.142. The van der Waals surface area contributed by atoms with Crippen LogP contribution in [0.5, 0.6) is 5.75 Å². The van der Waals surface area contributed by atoms with Crippen molar-refractivity contribution in [1.29, 1.82) is 0 Å². The van der Waals surface area contributed by atoms with E-state index in [0.717, 1.165) is 6.92 Å². The summed E-state index contributed by atoms with van der Waals surface area (Å²) in [7, 11) is 0. The number of aromatic hydroxyl groups is 1. The minimum absolute atomic E-state index is 0.00185. The summed E-state index contributed by atoms with van der Waals surface area (Å²) in [5.41, 5.74) is 8.08. The number of aliphatic hydroxyl groups excluding tert-OH is 3. The van der Waals surface area contributed by atoms with E-state index >= 15 is 0 Å². The topological polar surface area (TPSA) is 538 Å². The Bertz CT molecular complexity index is 3780. The molecule has 0 aliphatic rings. The van der Waals surface area contributed by atoms with Crippen LogP contribution in [0.2, 0.25) is 0 Å². The molecule has 0 unspecified atom stereocenters. The van der Waals surface area contributed by atoms with Gasteiger partial charge in [-0.05, 0) is 113 Å². The van der Waals surface area contributed by atoms with Gasteiger partial charge >= 0.3 is 5.97 Å². The second-order valence-corrected chi connectivity index (χ2v) is 27.1. The zero-order chi connectivity index (χ0) is 78.5. The number of aliphatic carboxylic acids is 1. The number of aromatic nitrogens is 3. The minimum atomic E-state index is -1.94. The molecular formula is C72H102N16O18. The lowest BCUT2D eigenvalue weighted by atomic mass is 10.0. The first-order valence-corrected chi connectivity index (χ1v) is 35.0. The van der Waals surface area contributed by atoms with Crippen molar-refractivity contribution in [2.24, 2.45) is 17.6 Å². The van der Waals surface area contributed by atoms with Gasteiger partial charge in [0, 0.05) is 61.6 Å². The van der Waals surface area contributed by atoms with E-state index in [1.54, 1.807) is 74.6 Å². The lowest BCUT2D eigenvalue weighted by Gasteiger charge is -2.28. The van der Waals surface area contributed by atoms with Crippen LogP contribution in [0.25, 0.3) is 10.9 Å². The van der Waals surface area contributed by atoms with Gasteiger partial charge in [-0.25, -0.2) is 9.78 Å². The number of benzene rings is 3. The van der Waals surface area contributed by atoms with Crippen molar-refractivity contribution in [3.8, 4) is 5.75 Å². The van der Waals surface area contributed by atoms with Gasteiger partial charge in [-0.15, -0.1) is 0 Å². The molecule has 0 aliphatic carbocycles. The molecule has 106 heavy (non-hydrogen) atoms. The third kappa shape index (κ3) is 27.7. The van der Waals surface area contributed by atoms with Gasteiger partial charge in [0.05, 0.1) is 25.1 Å². The highest BCUT2D eigenvalue weighted by Gasteiger charge is 2.38. The molecule has 0 spiro atoms. The van der Waals surface area contributed by atoms with Gasteiger partial charge in [-0.3, -0.25) is 57.5 Å². The standard InChI is InChI=1S/C72H102N16O18/c1-37(2)27-52(79-43(9)92)67(100)87-59(41(7)90)70(103)84-53(30-45-22-24-48(93)25-23-45)64(97)78-39(5)61(94)81-55(31-46-33-75-50-20-14-13-19-49(46)50)66(99)83-56(32-47-34-74-36-76-47)68(101)88-60(42(8)91)71(104)86-58(35-89)69(102)82-54(29-44-17-11-10-12-18-44)65(98)80-51(21-15-16-26-73)63(96)77-40(6)62(95)85-57(72(105)106)28-38(3)4/h10-14,17-20,22-25,33-34,36-42,51-60,75,89-91,93H,15-16,21,26-32,35,73H2,1-9H3,(H,74,76)(H,77,96)(H,78,97)(H,79,92)(H,80,98)(H,81,94)(H,82,102)(H,83,99)(H,84,103)(H,85,95)(H,86,104)(H,87,100)(H,88,101)(H,105,106)/t39-,40-,41+,42+,51-,52-,53-,54-,55-,56-,57-,58-,59-,60-/m0/s1. The molecule has 0 bridgehead atoms. The first-order chi connectivity index (χ1) is 50.2. The SMILES string of the molecule is CC(=O)N[C@@H](CC(C)C)C(=O)N[C@H](C(=O)N[C@@H](Cc1ccc(O)cc1)C(=O)N[C@@H](C)C(=O)N[C@@H](Cc1c[nH]c2ccccc12)C(=O)N[C@@H](Cc1cnc[nH]1)C(=O)N[C@H](C(=O)N[C@@H](CO)C(=O)N[C@@H](Cc1ccccc1)C(=O)N[C@@H](CCCCN)C(=O)N[C@@H](C)C(=O)N[C@@H](CC(C)C)C(=O)O)[C@@H](C)O)[C@@H](C)O. The number of hydrogen-bond donors (Lipinski definition) is 20. The molecule has 5 rings (SSSR count). The molecule has 21 N–H and O–H groups in total. The van der Waals surface area contributed by atoms with Crippen LogP contribution in [-0.4, -0.2) is 215 Å². The van der Waals surface area contributed by atoms with Gasteiger partial charge in [0.1, 0.15) is 78.3 Å². The number of H-pyrrole nitrogens is 2. The van der Waals surface area contributed by atoms with E-state index in [1.165, 1.54) is 64.5 Å². The number of carboxylic acids is 1. The second kappa shape index (κ2) is 42.2. The number of para-hydroxylation sites is 1. The fourth-order valence-corrected chi connectivity index (χ4v) is 11.3. The van der Waals surface area contributed by atoms with Crippen LogP contribution in [0, 0.1) is 11.8 Å². The first-order valence-electron chi connectivity index (χ1n) is 35.0. The predicted octanol–water partition coefficient (Wildman–Crippen LogP) is -2.20. The minimum Gasteiger partial charge on any atom is -0.508 e. The number of carbonyl (C=O) groups excluding carboxylic acids is 12. The van der Waals surface area contributed by atoms with Crippen molar-refractivity contribution in [3.63, 3.8) is 0 Å². The smallest absolute Gasteiger partial charge is 0.326 e. The van der Waals surface area contributed by atoms with Gasteiger partial charge < -0.3 is 105 Å². The van der Waals surface area contributed by atoms with Crippen LogP contribution < -0.4 is 69.5 Å². The normalized spacial score (nSPS) is 15.3. The lowest BCUT2D eigenvalue weighted by Crippen LogP contribution is -2.63. The number of fused-ring (bicyclic) bond motifs is 1. The number of aliphatic hydroxyl groups is 3. The predicted molar refractivity (Wildman–Crippen MR) is 386 cm³/mol. The quantitative estimate of drug-likeness (QED) is 0.0184. The zero-order valence-electron chi connectivity index (χ0n) is 60.8. The van der Waals surface area contributed by atoms with E-state index in [2.05, 4.69) is 78.8 Å². The molecule has 2 heterocycles. The van der Waals surface area contributed by atoms with Crippen molar-refractivity contribution in [3.05, 3.63) is 120 Å². The Kier molecular flexibility index (Phi) is 34.2. The summed E-state index contributed by atoms with van der Waals surface area (Å²) in [6.45, 7) is 12.4. The van der Waals surface area contributed by atoms with Gasteiger partial charge in [0.2, 0.25) is 70.9 Å². The van der Waals surface area contributed by atoms with E-state index < -0.39 is 168 Å². The zero-order valence-corrected chi connectivity index (χ0v) is 60.8. The summed E-state index contributed by atoms with van der Waals surface area (Å²) in [6.07, 6.45) is 0.804. The van der Waals surface area contributed by atoms with E-state index in [4.69, 9.17) is 5.73 Å². The van der Waals surface area contributed by atoms with Crippen LogP contribution in [0.3, 0.4) is 0 Å². The van der Waals surface area contributed by atoms with Crippen LogP contribution in [0.4, 0.5) is 0 Å². The number of rotatable bonds is 43. The average molecular weight is 1480 g/mol. The number of nitrogens with two attached hydrogens (primary N) is 1. The van der Waals surface area contributed by atoms with Gasteiger partial charge in [0.25, 0.3) is 0 Å². The highest BCUT2D eigenvalue weighted by Crippen LogP contribution is 2.21. The number of carbonyl (C=O) groups is 13. The number of nitrogens with one attached hydrogen (secondary N) is 14. The molecule has 0 fully saturated rings. The maximum Gasteiger partial charge on any atom is 0.326 e. The number of carboxylic acid groups (broad SMARTS) is 1. The van der Waals surface area contributed by atoms with Gasteiger partial charge in [-0.2, -0.15) is 0 Å². The van der Waals surface area contributed by atoms with Crippen LogP contribution in [0.15, 0.2) is 97.6 Å². The number of phenolic OH excluding ortho intramolecular Hbond substituents is 1. The summed E-state index contributed by atoms with van der Waals surface area (Å²) < 4.78 is 0. The Morgan fingerprint density at radius 3 is 1.40 bits per heavy atom. The average Bonchev–Trinajstić information content (AvgIpc) is 1.60. The third-order valence-electron chi connectivity index (χ3n) is 17.0. The molecule has 34 nitrogen and oxygen atoms in total. The van der Waals surface area contributed by atoms with Gasteiger partial charge in [-0.1, -0.05) is 88.4 Å². The number of hydrogen-bond acceptors (Lipinski definition) is 19. The second-order valence-electron chi connectivity index (χ2n) is 27.1. The Balaban J connectivity index is 1.38. The summed E-state index contributed by atoms with van der Waals surface area (Å²) >= 11 is 0. The molecule has 34 heteroatoms. The Labute approximate surface area is 613 Å². The number of phenols is 1. The third-order valence-corrected chi connectivity index (χ3v) is 17.0. The Hall–Kier alpha value is -10.8. The number of imidazole rings is 1. The van der Waals surface area contributed by atoms with Crippen LogP contribution >= 0.6 is 0 Å². The van der Waals surface area contributed by atoms with E-state index in [0.29, 0.717) is 40.4 Å². The van der Waals surface area contributed by atoms with Crippen LogP contribution in [0.1, 0.15) is 117 Å². The summed E-state index contributed by atoms with van der Waals surface area (Å²) in [5, 5.41) is 83.2. The van der Waals surface area contributed by atoms with Crippen molar-refractivity contribution >= 4 is 87.8 Å². The van der Waals surface area contributed by atoms with Crippen molar-refractivity contribution in [2.75, 3.05) is 13.2 Å². The molecule has 0 aliphatic heterocycles.